The zero-order chi connectivity index (χ0) is 25.1. The van der Waals surface area contributed by atoms with E-state index in [0.29, 0.717) is 6.42 Å². The topological polar surface area (TPSA) is 46.3 Å². The lowest BCUT2D eigenvalue weighted by Gasteiger charge is -2.46. The van der Waals surface area contributed by atoms with Crippen molar-refractivity contribution >= 4 is 5.91 Å². The van der Waals surface area contributed by atoms with Gasteiger partial charge in [0.05, 0.1) is 11.7 Å². The Bertz CT molecular complexity index is 609. The van der Waals surface area contributed by atoms with E-state index >= 15 is 0 Å². The second-order valence-corrected chi connectivity index (χ2v) is 10.3. The van der Waals surface area contributed by atoms with Gasteiger partial charge in [-0.2, -0.15) is 0 Å². The molecule has 0 bridgehead atoms. The third kappa shape index (κ3) is 10.9. The molecule has 1 atom stereocenters. The monoisotopic (exact) mass is 472 g/mol. The molecule has 0 radical (unpaired) electrons. The lowest BCUT2D eigenvalue weighted by Crippen LogP contribution is -2.56. The predicted octanol–water partition coefficient (Wildman–Crippen LogP) is 9.10. The van der Waals surface area contributed by atoms with E-state index in [1.54, 1.807) is 0 Å². The summed E-state index contributed by atoms with van der Waals surface area (Å²) >= 11 is 0. The number of amides is 1. The highest BCUT2D eigenvalue weighted by atomic mass is 16.2. The molecule has 3 nitrogen and oxygen atoms in total. The van der Waals surface area contributed by atoms with E-state index < -0.39 is 0 Å². The molecule has 1 aromatic rings. The Balaban J connectivity index is 2.26. The minimum atomic E-state index is -0.317. The van der Waals surface area contributed by atoms with Gasteiger partial charge in [0.1, 0.15) is 0 Å². The molecule has 1 unspecified atom stereocenters. The third-order valence-electron chi connectivity index (χ3n) is 7.61. The number of benzene rings is 1. The van der Waals surface area contributed by atoms with Crippen LogP contribution >= 0.6 is 0 Å². The first-order valence-electron chi connectivity index (χ1n) is 14.7. The van der Waals surface area contributed by atoms with E-state index in [0.717, 1.165) is 25.7 Å². The molecule has 0 spiro atoms. The maximum Gasteiger partial charge on any atom is 0.224 e. The van der Waals surface area contributed by atoms with Crippen LogP contribution in [0.2, 0.25) is 0 Å². The molecule has 1 rings (SSSR count). The third-order valence-corrected chi connectivity index (χ3v) is 7.61. The van der Waals surface area contributed by atoms with Crippen molar-refractivity contribution in [2.24, 2.45) is 5.73 Å². The van der Waals surface area contributed by atoms with Crippen molar-refractivity contribution in [1.29, 1.82) is 0 Å². The molecule has 0 fully saturated rings. The van der Waals surface area contributed by atoms with E-state index in [1.165, 1.54) is 89.0 Å². The smallest absolute Gasteiger partial charge is 0.224 e. The fourth-order valence-electron chi connectivity index (χ4n) is 5.51. The second-order valence-electron chi connectivity index (χ2n) is 10.3. The highest BCUT2D eigenvalue weighted by Gasteiger charge is 2.39. The molecule has 0 saturated carbocycles. The van der Waals surface area contributed by atoms with Crippen LogP contribution in [0.25, 0.3) is 0 Å². The quantitative estimate of drug-likeness (QED) is 0.143. The summed E-state index contributed by atoms with van der Waals surface area (Å²) < 4.78 is 0. The van der Waals surface area contributed by atoms with Crippen molar-refractivity contribution in [2.45, 2.75) is 155 Å². The minimum absolute atomic E-state index is 0.206. The summed E-state index contributed by atoms with van der Waals surface area (Å²) in [5.74, 6) is 0.206. The van der Waals surface area contributed by atoms with E-state index in [9.17, 15) is 4.79 Å². The summed E-state index contributed by atoms with van der Waals surface area (Å²) in [6.07, 6.45) is 22.2. The maximum absolute atomic E-state index is 13.3. The molecular weight excluding hydrogens is 416 g/mol. The van der Waals surface area contributed by atoms with E-state index in [2.05, 4.69) is 45.0 Å². The van der Waals surface area contributed by atoms with Crippen LogP contribution in [0.3, 0.4) is 0 Å². The van der Waals surface area contributed by atoms with Gasteiger partial charge in [-0.15, -0.1) is 0 Å². The molecule has 0 saturated heterocycles. The number of hydrogen-bond donors (Lipinski definition) is 1. The summed E-state index contributed by atoms with van der Waals surface area (Å²) in [4.78, 5) is 15.3. The molecule has 1 aromatic carbocycles. The Morgan fingerprint density at radius 2 is 1.15 bits per heavy atom. The lowest BCUT2D eigenvalue weighted by atomic mass is 9.82. The van der Waals surface area contributed by atoms with Crippen LogP contribution in [-0.2, 0) is 10.3 Å². The zero-order valence-electron chi connectivity index (χ0n) is 23.1. The normalized spacial score (nSPS) is 12.6. The zero-order valence-corrected chi connectivity index (χ0v) is 23.1. The van der Waals surface area contributed by atoms with Gasteiger partial charge < -0.3 is 10.6 Å². The highest BCUT2D eigenvalue weighted by molar-refractivity contribution is 5.77. The minimum Gasteiger partial charge on any atom is -0.318 e. The van der Waals surface area contributed by atoms with Crippen molar-refractivity contribution in [3.63, 3.8) is 0 Å². The van der Waals surface area contributed by atoms with Crippen LogP contribution in [0, 0.1) is 0 Å². The number of nitrogens with two attached hydrogens (primary N) is 1. The van der Waals surface area contributed by atoms with Gasteiger partial charge in [0, 0.05) is 6.42 Å². The van der Waals surface area contributed by atoms with Gasteiger partial charge in [-0.05, 0) is 31.7 Å². The summed E-state index contributed by atoms with van der Waals surface area (Å²) in [6.45, 7) is 8.58. The summed E-state index contributed by atoms with van der Waals surface area (Å²) in [6, 6.07) is 10.4. The van der Waals surface area contributed by atoms with Crippen LogP contribution in [0.5, 0.6) is 0 Å². The molecule has 2 N–H and O–H groups in total. The van der Waals surface area contributed by atoms with Gasteiger partial charge >= 0.3 is 0 Å². The van der Waals surface area contributed by atoms with Crippen molar-refractivity contribution in [3.05, 3.63) is 35.9 Å². The van der Waals surface area contributed by atoms with Crippen LogP contribution in [0.4, 0.5) is 0 Å². The molecule has 196 valence electrons. The van der Waals surface area contributed by atoms with Gasteiger partial charge in [-0.25, -0.2) is 0 Å². The second kappa shape index (κ2) is 18.9. The average molecular weight is 473 g/mol. The fraction of sp³-hybridized carbons (Fsp3) is 0.774. The van der Waals surface area contributed by atoms with Crippen LogP contribution in [0.1, 0.15) is 149 Å². The first-order valence-corrected chi connectivity index (χ1v) is 14.7. The Labute approximate surface area is 212 Å². The average Bonchev–Trinajstić information content (AvgIpc) is 2.85. The van der Waals surface area contributed by atoms with E-state index in [-0.39, 0.29) is 17.6 Å². The molecule has 34 heavy (non-hydrogen) atoms. The molecule has 0 heterocycles. The highest BCUT2D eigenvalue weighted by Crippen LogP contribution is 2.37. The van der Waals surface area contributed by atoms with Crippen LogP contribution in [0.15, 0.2) is 30.3 Å². The SMILES string of the molecule is CCCCCCCCCCCCCCCCCC(=O)N(C(C)N)C(CC)(CC)c1ccccc1. The molecular formula is C31H56N2O. The van der Waals surface area contributed by atoms with Crippen molar-refractivity contribution < 1.29 is 4.79 Å². The van der Waals surface area contributed by atoms with Gasteiger partial charge in [0.2, 0.25) is 5.91 Å². The van der Waals surface area contributed by atoms with Crippen LogP contribution in [-0.4, -0.2) is 17.0 Å². The number of rotatable bonds is 21. The maximum atomic E-state index is 13.3. The van der Waals surface area contributed by atoms with Gasteiger partial charge in [0.25, 0.3) is 0 Å². The first-order chi connectivity index (χ1) is 16.5. The van der Waals surface area contributed by atoms with Crippen molar-refractivity contribution in [2.75, 3.05) is 0 Å². The molecule has 0 aromatic heterocycles. The van der Waals surface area contributed by atoms with E-state index in [1.807, 2.05) is 17.9 Å². The fourth-order valence-corrected chi connectivity index (χ4v) is 5.51. The van der Waals surface area contributed by atoms with Crippen molar-refractivity contribution in [1.82, 2.24) is 4.90 Å². The summed E-state index contributed by atoms with van der Waals surface area (Å²) in [5.41, 5.74) is 7.25. The predicted molar refractivity (Wildman–Crippen MR) is 149 cm³/mol. The molecule has 0 aliphatic carbocycles. The standard InChI is InChI=1S/C31H56N2O/c1-5-8-9-10-11-12-13-14-15-16-17-18-19-20-24-27-30(34)33(28(4)32)31(6-2,7-3)29-25-22-21-23-26-29/h21-23,25-26,28H,5-20,24,27,32H2,1-4H3. The molecule has 0 aliphatic rings. The number of hydrogen-bond acceptors (Lipinski definition) is 2. The molecule has 0 aliphatic heterocycles. The number of nitrogens with zero attached hydrogens (tertiary/aromatic N) is 1. The van der Waals surface area contributed by atoms with Gasteiger partial charge in [0.15, 0.2) is 0 Å². The Kier molecular flexibility index (Phi) is 17.1. The largest absolute Gasteiger partial charge is 0.318 e. The number of carbonyl (C=O) groups excluding carboxylic acids is 1. The van der Waals surface area contributed by atoms with Gasteiger partial charge in [-0.1, -0.05) is 141 Å². The van der Waals surface area contributed by atoms with Crippen LogP contribution < -0.4 is 5.73 Å². The molecule has 1 amide bonds. The van der Waals surface area contributed by atoms with Crippen molar-refractivity contribution in [3.8, 4) is 0 Å². The summed E-state index contributed by atoms with van der Waals surface area (Å²) in [5, 5.41) is 0. The molecule has 3 heteroatoms. The Morgan fingerprint density at radius 1 is 0.735 bits per heavy atom. The van der Waals surface area contributed by atoms with Gasteiger partial charge in [-0.3, -0.25) is 4.79 Å². The Hall–Kier alpha value is -1.35. The number of unbranched alkanes of at least 4 members (excludes halogenated alkanes) is 14. The Morgan fingerprint density at radius 3 is 1.53 bits per heavy atom. The summed E-state index contributed by atoms with van der Waals surface area (Å²) in [7, 11) is 0. The van der Waals surface area contributed by atoms with E-state index in [4.69, 9.17) is 5.73 Å². The lowest BCUT2D eigenvalue weighted by molar-refractivity contribution is -0.142. The first kappa shape index (κ1) is 30.7. The number of carbonyl (C=O) groups is 1.